The molecule has 0 unspecified atom stereocenters. The van der Waals surface area contributed by atoms with Crippen LogP contribution in [0.25, 0.3) is 0 Å². The molecule has 1 aromatic carbocycles. The van der Waals surface area contributed by atoms with Crippen LogP contribution in [0.1, 0.15) is 19.3 Å². The summed E-state index contributed by atoms with van der Waals surface area (Å²) in [5.41, 5.74) is 0.705. The molecule has 0 fully saturated rings. The molecule has 108 valence electrons. The zero-order valence-electron chi connectivity index (χ0n) is 11.1. The van der Waals surface area contributed by atoms with Crippen molar-refractivity contribution in [2.45, 2.75) is 25.6 Å². The molecule has 20 heavy (non-hydrogen) atoms. The number of carbonyl (C=O) groups is 1. The number of anilines is 1. The Balaban J connectivity index is 1.94. The molecule has 1 aliphatic heterocycles. The normalized spacial score (nSPS) is 13.9. The van der Waals surface area contributed by atoms with Gasteiger partial charge in [-0.05, 0) is 30.9 Å². The molecule has 0 aliphatic carbocycles. The van der Waals surface area contributed by atoms with Crippen LogP contribution in [-0.4, -0.2) is 36.2 Å². The number of nitrogens with zero attached hydrogens (tertiary/aromatic N) is 1. The number of benzene rings is 1. The van der Waals surface area contributed by atoms with Crippen LogP contribution in [0.15, 0.2) is 18.2 Å². The number of ether oxygens (including phenoxy) is 1. The summed E-state index contributed by atoms with van der Waals surface area (Å²) in [7, 11) is -1.25. The molecule has 1 amide bonds. The molecular weight excluding hydrogens is 280 g/mol. The Morgan fingerprint density at radius 2 is 2.10 bits per heavy atom. The number of halogens is 1. The summed E-state index contributed by atoms with van der Waals surface area (Å²) in [6, 6.07) is 5.22. The van der Waals surface area contributed by atoms with Gasteiger partial charge in [0, 0.05) is 11.6 Å². The van der Waals surface area contributed by atoms with E-state index in [1.807, 2.05) is 0 Å². The predicted octanol–water partition coefficient (Wildman–Crippen LogP) is 1.71. The molecule has 0 spiro atoms. The maximum Gasteiger partial charge on any atom is 0.451 e. The van der Waals surface area contributed by atoms with Crippen molar-refractivity contribution in [3.63, 3.8) is 0 Å². The van der Waals surface area contributed by atoms with E-state index >= 15 is 0 Å². The minimum atomic E-state index is -1.25. The van der Waals surface area contributed by atoms with Crippen LogP contribution in [0.3, 0.4) is 0 Å². The SMILES string of the molecule is O=C1COc2ccc(Cl)cc2N1CCCCCB(O)O. The first kappa shape index (κ1) is 15.2. The third kappa shape index (κ3) is 3.88. The molecule has 5 nitrogen and oxygen atoms in total. The summed E-state index contributed by atoms with van der Waals surface area (Å²) < 4.78 is 5.36. The topological polar surface area (TPSA) is 70.0 Å². The second-order valence-corrected chi connectivity index (χ2v) is 5.21. The van der Waals surface area contributed by atoms with Crippen molar-refractivity contribution in [2.24, 2.45) is 0 Å². The van der Waals surface area contributed by atoms with E-state index in [-0.39, 0.29) is 12.5 Å². The Hall–Kier alpha value is -1.24. The van der Waals surface area contributed by atoms with E-state index in [0.717, 1.165) is 19.3 Å². The van der Waals surface area contributed by atoms with E-state index in [0.29, 0.717) is 29.3 Å². The first-order valence-electron chi connectivity index (χ1n) is 6.67. The van der Waals surface area contributed by atoms with Crippen LogP contribution < -0.4 is 9.64 Å². The Labute approximate surface area is 123 Å². The summed E-state index contributed by atoms with van der Waals surface area (Å²) in [5, 5.41) is 18.1. The Morgan fingerprint density at radius 3 is 2.85 bits per heavy atom. The fourth-order valence-corrected chi connectivity index (χ4v) is 2.36. The quantitative estimate of drug-likeness (QED) is 0.619. The fraction of sp³-hybridized carbons (Fsp3) is 0.462. The monoisotopic (exact) mass is 297 g/mol. The lowest BCUT2D eigenvalue weighted by Crippen LogP contribution is -2.39. The van der Waals surface area contributed by atoms with Crippen LogP contribution in [0.5, 0.6) is 5.75 Å². The van der Waals surface area contributed by atoms with E-state index < -0.39 is 7.12 Å². The lowest BCUT2D eigenvalue weighted by molar-refractivity contribution is -0.121. The van der Waals surface area contributed by atoms with E-state index in [4.69, 9.17) is 26.4 Å². The van der Waals surface area contributed by atoms with Crippen molar-refractivity contribution < 1.29 is 19.6 Å². The Bertz CT molecular complexity index is 483. The number of carbonyl (C=O) groups excluding carboxylic acids is 1. The predicted molar refractivity (Wildman–Crippen MR) is 78.1 cm³/mol. The lowest BCUT2D eigenvalue weighted by Gasteiger charge is -2.29. The standard InChI is InChI=1S/C13H17BClNO4/c15-10-4-5-12-11(8-10)16(13(17)9-20-12)7-3-1-2-6-14(18)19/h4-5,8,18-19H,1-3,6-7,9H2. The van der Waals surface area contributed by atoms with Gasteiger partial charge in [-0.25, -0.2) is 0 Å². The van der Waals surface area contributed by atoms with Gasteiger partial charge in [0.25, 0.3) is 5.91 Å². The summed E-state index contributed by atoms with van der Waals surface area (Å²) in [6.45, 7) is 0.626. The molecule has 1 aromatic rings. The van der Waals surface area contributed by atoms with E-state index in [1.54, 1.807) is 23.1 Å². The average molecular weight is 298 g/mol. The van der Waals surface area contributed by atoms with Gasteiger partial charge in [-0.1, -0.05) is 24.4 Å². The van der Waals surface area contributed by atoms with Gasteiger partial charge in [0.05, 0.1) is 5.69 Å². The molecule has 2 rings (SSSR count). The zero-order valence-corrected chi connectivity index (χ0v) is 11.8. The molecule has 0 atom stereocenters. The molecule has 0 saturated heterocycles. The highest BCUT2D eigenvalue weighted by atomic mass is 35.5. The van der Waals surface area contributed by atoms with Gasteiger partial charge in [0.15, 0.2) is 6.61 Å². The van der Waals surface area contributed by atoms with Crippen molar-refractivity contribution in [2.75, 3.05) is 18.1 Å². The first-order valence-corrected chi connectivity index (χ1v) is 7.04. The zero-order chi connectivity index (χ0) is 14.5. The summed E-state index contributed by atoms with van der Waals surface area (Å²) in [4.78, 5) is 13.6. The molecule has 0 radical (unpaired) electrons. The first-order chi connectivity index (χ1) is 9.58. The molecule has 0 bridgehead atoms. The molecule has 7 heteroatoms. The average Bonchev–Trinajstić information content (AvgIpc) is 2.40. The highest BCUT2D eigenvalue weighted by Crippen LogP contribution is 2.34. The van der Waals surface area contributed by atoms with Crippen molar-refractivity contribution in [3.05, 3.63) is 23.2 Å². The van der Waals surface area contributed by atoms with Crippen LogP contribution in [0.2, 0.25) is 11.3 Å². The second-order valence-electron chi connectivity index (χ2n) is 4.78. The van der Waals surface area contributed by atoms with Gasteiger partial charge in [-0.2, -0.15) is 0 Å². The molecule has 0 saturated carbocycles. The summed E-state index contributed by atoms with van der Waals surface area (Å²) in [5.74, 6) is 0.585. The summed E-state index contributed by atoms with van der Waals surface area (Å²) >= 11 is 5.96. The third-order valence-corrected chi connectivity index (χ3v) is 3.44. The minimum absolute atomic E-state index is 0.0456. The van der Waals surface area contributed by atoms with Crippen molar-refractivity contribution in [1.29, 1.82) is 0 Å². The van der Waals surface area contributed by atoms with Gasteiger partial charge in [0.1, 0.15) is 5.75 Å². The number of amides is 1. The molecule has 0 aromatic heterocycles. The molecular formula is C13H17BClNO4. The van der Waals surface area contributed by atoms with Gasteiger partial charge >= 0.3 is 7.12 Å². The van der Waals surface area contributed by atoms with Gasteiger partial charge in [-0.15, -0.1) is 0 Å². The number of unbranched alkanes of at least 4 members (excludes halogenated alkanes) is 2. The molecule has 1 heterocycles. The Kier molecular flexibility index (Phi) is 5.28. The Morgan fingerprint density at radius 1 is 1.30 bits per heavy atom. The third-order valence-electron chi connectivity index (χ3n) is 3.21. The van der Waals surface area contributed by atoms with Gasteiger partial charge < -0.3 is 19.7 Å². The number of fused-ring (bicyclic) bond motifs is 1. The van der Waals surface area contributed by atoms with Crippen LogP contribution in [0.4, 0.5) is 5.69 Å². The van der Waals surface area contributed by atoms with E-state index in [9.17, 15) is 4.79 Å². The van der Waals surface area contributed by atoms with Crippen LogP contribution in [-0.2, 0) is 4.79 Å². The van der Waals surface area contributed by atoms with E-state index in [1.165, 1.54) is 0 Å². The van der Waals surface area contributed by atoms with Crippen LogP contribution in [0, 0.1) is 0 Å². The lowest BCUT2D eigenvalue weighted by atomic mass is 9.83. The molecule has 2 N–H and O–H groups in total. The van der Waals surface area contributed by atoms with Gasteiger partial charge in [-0.3, -0.25) is 4.79 Å². The largest absolute Gasteiger partial charge is 0.482 e. The van der Waals surface area contributed by atoms with Crippen LogP contribution >= 0.6 is 11.6 Å². The smallest absolute Gasteiger partial charge is 0.451 e. The minimum Gasteiger partial charge on any atom is -0.482 e. The maximum absolute atomic E-state index is 11.9. The summed E-state index contributed by atoms with van der Waals surface area (Å²) in [6.07, 6.45) is 2.71. The van der Waals surface area contributed by atoms with E-state index in [2.05, 4.69) is 0 Å². The maximum atomic E-state index is 11.9. The molecule has 1 aliphatic rings. The second kappa shape index (κ2) is 6.97. The van der Waals surface area contributed by atoms with Gasteiger partial charge in [0.2, 0.25) is 0 Å². The number of rotatable bonds is 6. The number of hydrogen-bond acceptors (Lipinski definition) is 4. The number of hydrogen-bond donors (Lipinski definition) is 2. The van der Waals surface area contributed by atoms with Crippen molar-refractivity contribution >= 4 is 30.3 Å². The highest BCUT2D eigenvalue weighted by molar-refractivity contribution is 6.40. The highest BCUT2D eigenvalue weighted by Gasteiger charge is 2.25. The van der Waals surface area contributed by atoms with Crippen molar-refractivity contribution in [3.8, 4) is 5.75 Å². The van der Waals surface area contributed by atoms with Crippen molar-refractivity contribution in [1.82, 2.24) is 0 Å². The fourth-order valence-electron chi connectivity index (χ4n) is 2.19.